The summed E-state index contributed by atoms with van der Waals surface area (Å²) < 4.78 is 11.9. The number of hydrogen-bond acceptors (Lipinski definition) is 7. The van der Waals surface area contributed by atoms with Crippen LogP contribution in [0.25, 0.3) is 20.8 Å². The number of methoxy groups -OCH3 is 1. The Balaban J connectivity index is 1.34. The molecule has 6 rings (SSSR count). The van der Waals surface area contributed by atoms with Gasteiger partial charge in [-0.05, 0) is 54.4 Å². The molecule has 7 nitrogen and oxygen atoms in total. The molecule has 0 saturated heterocycles. The molecule has 0 unspecified atom stereocenters. The smallest absolute Gasteiger partial charge is 0.409 e. The number of aromatic nitrogens is 1. The summed E-state index contributed by atoms with van der Waals surface area (Å²) in [5.74, 6) is 1.04. The molecule has 0 atom stereocenters. The van der Waals surface area contributed by atoms with E-state index in [0.717, 1.165) is 36.2 Å². The van der Waals surface area contributed by atoms with Crippen LogP contribution in [0.2, 0.25) is 0 Å². The van der Waals surface area contributed by atoms with Gasteiger partial charge in [0.05, 0.1) is 23.9 Å². The molecule has 0 saturated carbocycles. The quantitative estimate of drug-likeness (QED) is 0.255. The molecule has 1 aliphatic heterocycles. The van der Waals surface area contributed by atoms with Crippen molar-refractivity contribution in [2.45, 2.75) is 13.0 Å². The largest absolute Gasteiger partial charge is 0.457 e. The van der Waals surface area contributed by atoms with E-state index in [0.29, 0.717) is 36.6 Å². The summed E-state index contributed by atoms with van der Waals surface area (Å²) in [4.78, 5) is 33.2. The molecule has 190 valence electrons. The number of nitrogens with one attached hydrogen (secondary N) is 1. The first-order chi connectivity index (χ1) is 18.6. The number of para-hydroxylation sites is 2. The summed E-state index contributed by atoms with van der Waals surface area (Å²) in [5, 5.41) is 4.71. The molecule has 0 fully saturated rings. The Kier molecular flexibility index (Phi) is 6.53. The zero-order valence-electron chi connectivity index (χ0n) is 20.5. The van der Waals surface area contributed by atoms with E-state index in [1.807, 2.05) is 60.7 Å². The van der Waals surface area contributed by atoms with Gasteiger partial charge in [-0.15, -0.1) is 22.7 Å². The first-order valence-corrected chi connectivity index (χ1v) is 13.7. The lowest BCUT2D eigenvalue weighted by atomic mass is 10.0. The normalized spacial score (nSPS) is 12.7. The SMILES string of the molecule is COC(=O)N1CCc2c(sc(NC(=O)c3cccc(Oc4ccccc4)c3)c2-c2nc3ccccc3s2)C1. The molecule has 0 aliphatic carbocycles. The Morgan fingerprint density at radius 3 is 2.55 bits per heavy atom. The van der Waals surface area contributed by atoms with Crippen LogP contribution >= 0.6 is 22.7 Å². The molecule has 38 heavy (non-hydrogen) atoms. The second-order valence-corrected chi connectivity index (χ2v) is 10.9. The lowest BCUT2D eigenvalue weighted by molar-refractivity contribution is 0.102. The van der Waals surface area contributed by atoms with Gasteiger partial charge in [-0.2, -0.15) is 0 Å². The number of carbonyl (C=O) groups is 2. The van der Waals surface area contributed by atoms with Crippen molar-refractivity contribution < 1.29 is 19.1 Å². The van der Waals surface area contributed by atoms with Crippen LogP contribution < -0.4 is 10.1 Å². The molecule has 1 aliphatic rings. The second-order valence-electron chi connectivity index (χ2n) is 8.73. The van der Waals surface area contributed by atoms with Crippen molar-refractivity contribution in [1.82, 2.24) is 9.88 Å². The molecule has 9 heteroatoms. The highest BCUT2D eigenvalue weighted by Crippen LogP contribution is 2.46. The number of rotatable bonds is 5. The van der Waals surface area contributed by atoms with Crippen molar-refractivity contribution in [2.75, 3.05) is 19.0 Å². The predicted molar refractivity (Wildman–Crippen MR) is 150 cm³/mol. The lowest BCUT2D eigenvalue weighted by Gasteiger charge is -2.25. The van der Waals surface area contributed by atoms with Gasteiger partial charge in [-0.1, -0.05) is 36.4 Å². The van der Waals surface area contributed by atoms with Gasteiger partial charge >= 0.3 is 6.09 Å². The zero-order valence-corrected chi connectivity index (χ0v) is 22.1. The number of fused-ring (bicyclic) bond motifs is 2. The van der Waals surface area contributed by atoms with Crippen LogP contribution in [0.4, 0.5) is 9.80 Å². The number of benzene rings is 3. The number of nitrogens with zero attached hydrogens (tertiary/aromatic N) is 2. The Bertz CT molecular complexity index is 1610. The molecule has 3 heterocycles. The van der Waals surface area contributed by atoms with Crippen molar-refractivity contribution in [3.8, 4) is 22.1 Å². The third-order valence-corrected chi connectivity index (χ3v) is 8.49. The van der Waals surface area contributed by atoms with Crippen LogP contribution in [0.3, 0.4) is 0 Å². The second kappa shape index (κ2) is 10.3. The number of thiophene rings is 1. The standard InChI is InChI=1S/C29H23N3O4S2/c1-35-29(34)32-15-14-21-24(17-32)38-28(25(21)27-30-22-12-5-6-13-23(22)37-27)31-26(33)18-8-7-11-20(16-18)36-19-9-3-2-4-10-19/h2-13,16H,14-15,17H2,1H3,(H,31,33). The van der Waals surface area contributed by atoms with Crippen molar-refractivity contribution >= 4 is 49.9 Å². The van der Waals surface area contributed by atoms with Gasteiger partial charge in [0.1, 0.15) is 21.5 Å². The first-order valence-electron chi connectivity index (χ1n) is 12.1. The summed E-state index contributed by atoms with van der Waals surface area (Å²) in [5.41, 5.74) is 3.45. The summed E-state index contributed by atoms with van der Waals surface area (Å²) >= 11 is 3.08. The fourth-order valence-electron chi connectivity index (χ4n) is 4.48. The minimum atomic E-state index is -0.355. The van der Waals surface area contributed by atoms with Crippen LogP contribution in [-0.4, -0.2) is 35.5 Å². The first kappa shape index (κ1) is 24.1. The summed E-state index contributed by atoms with van der Waals surface area (Å²) in [6, 6.07) is 24.6. The molecule has 1 N–H and O–H groups in total. The maximum atomic E-state index is 13.4. The van der Waals surface area contributed by atoms with Crippen LogP contribution in [0.15, 0.2) is 78.9 Å². The number of amides is 2. The van der Waals surface area contributed by atoms with E-state index < -0.39 is 0 Å². The molecule has 2 aromatic heterocycles. The van der Waals surface area contributed by atoms with Crippen LogP contribution in [-0.2, 0) is 17.7 Å². The minimum Gasteiger partial charge on any atom is -0.457 e. The third kappa shape index (κ3) is 4.73. The Morgan fingerprint density at radius 1 is 0.947 bits per heavy atom. The van der Waals surface area contributed by atoms with Crippen LogP contribution in [0.5, 0.6) is 11.5 Å². The van der Waals surface area contributed by atoms with Crippen molar-refractivity contribution in [2.24, 2.45) is 0 Å². The van der Waals surface area contributed by atoms with E-state index in [1.165, 1.54) is 18.4 Å². The lowest BCUT2D eigenvalue weighted by Crippen LogP contribution is -2.35. The van der Waals surface area contributed by atoms with Crippen molar-refractivity contribution in [3.63, 3.8) is 0 Å². The molecule has 0 bridgehead atoms. The van der Waals surface area contributed by atoms with E-state index in [4.69, 9.17) is 14.5 Å². The molecule has 5 aromatic rings. The van der Waals surface area contributed by atoms with Gasteiger partial charge in [0.25, 0.3) is 5.91 Å². The van der Waals surface area contributed by atoms with Crippen molar-refractivity contribution in [3.05, 3.63) is 94.9 Å². The van der Waals surface area contributed by atoms with E-state index in [-0.39, 0.29) is 12.0 Å². The average Bonchev–Trinajstić information content (AvgIpc) is 3.53. The fraction of sp³-hybridized carbons (Fsp3) is 0.138. The highest BCUT2D eigenvalue weighted by atomic mass is 32.1. The summed E-state index contributed by atoms with van der Waals surface area (Å²) in [6.07, 6.45) is 0.300. The maximum absolute atomic E-state index is 13.4. The van der Waals surface area contributed by atoms with Gasteiger partial charge in [-0.25, -0.2) is 9.78 Å². The number of anilines is 1. The number of thiazole rings is 1. The number of ether oxygens (including phenoxy) is 2. The molecular formula is C29H23N3O4S2. The van der Waals surface area contributed by atoms with Crippen LogP contribution in [0, 0.1) is 0 Å². The van der Waals surface area contributed by atoms with Gasteiger partial charge in [0, 0.05) is 22.5 Å². The number of hydrogen-bond donors (Lipinski definition) is 1. The topological polar surface area (TPSA) is 80.8 Å². The van der Waals surface area contributed by atoms with Gasteiger partial charge in [0.2, 0.25) is 0 Å². The Labute approximate surface area is 227 Å². The van der Waals surface area contributed by atoms with Crippen molar-refractivity contribution in [1.29, 1.82) is 0 Å². The molecule has 0 radical (unpaired) electrons. The van der Waals surface area contributed by atoms with Gasteiger partial charge in [-0.3, -0.25) is 4.79 Å². The zero-order chi connectivity index (χ0) is 26.1. The van der Waals surface area contributed by atoms with E-state index >= 15 is 0 Å². The van der Waals surface area contributed by atoms with E-state index in [9.17, 15) is 9.59 Å². The summed E-state index contributed by atoms with van der Waals surface area (Å²) in [6.45, 7) is 0.974. The summed E-state index contributed by atoms with van der Waals surface area (Å²) in [7, 11) is 1.39. The predicted octanol–water partition coefficient (Wildman–Crippen LogP) is 7.19. The third-order valence-electron chi connectivity index (χ3n) is 6.30. The van der Waals surface area contributed by atoms with E-state index in [2.05, 4.69) is 5.32 Å². The van der Waals surface area contributed by atoms with E-state index in [1.54, 1.807) is 34.4 Å². The fourth-order valence-corrected chi connectivity index (χ4v) is 6.85. The minimum absolute atomic E-state index is 0.241. The molecule has 3 aromatic carbocycles. The molecular weight excluding hydrogens is 518 g/mol. The highest BCUT2D eigenvalue weighted by Gasteiger charge is 2.30. The van der Waals surface area contributed by atoms with Crippen LogP contribution in [0.1, 0.15) is 20.8 Å². The Morgan fingerprint density at radius 2 is 1.74 bits per heavy atom. The molecule has 0 spiro atoms. The van der Waals surface area contributed by atoms with Gasteiger partial charge < -0.3 is 19.7 Å². The highest BCUT2D eigenvalue weighted by molar-refractivity contribution is 7.23. The molecule has 2 amide bonds. The maximum Gasteiger partial charge on any atom is 0.409 e. The monoisotopic (exact) mass is 541 g/mol. The van der Waals surface area contributed by atoms with Gasteiger partial charge in [0.15, 0.2) is 0 Å². The number of carbonyl (C=O) groups excluding carboxylic acids is 2. The Hall–Kier alpha value is -4.21. The average molecular weight is 542 g/mol.